The van der Waals surface area contributed by atoms with Gasteiger partial charge in [-0.05, 0) is 45.0 Å². The van der Waals surface area contributed by atoms with Gasteiger partial charge < -0.3 is 10.1 Å². The van der Waals surface area contributed by atoms with Gasteiger partial charge in [-0.2, -0.15) is 0 Å². The Morgan fingerprint density at radius 2 is 1.90 bits per heavy atom. The lowest BCUT2D eigenvalue weighted by Gasteiger charge is -2.22. The standard InChI is InChI=1S/C18H24N2O/c1-5-19-18(15-11-10-14(4)20-12-15)16-8-6-7-9-17(16)21-13(2)3/h6-13,18-19H,5H2,1-4H3. The van der Waals surface area contributed by atoms with Crippen LogP contribution in [0.3, 0.4) is 0 Å². The molecule has 3 heteroatoms. The molecule has 0 aliphatic heterocycles. The van der Waals surface area contributed by atoms with Crippen LogP contribution in [0.25, 0.3) is 0 Å². The molecule has 0 aliphatic rings. The molecule has 2 rings (SSSR count). The molecule has 0 saturated carbocycles. The Balaban J connectivity index is 2.40. The number of aryl methyl sites for hydroxylation is 1. The summed E-state index contributed by atoms with van der Waals surface area (Å²) in [5.41, 5.74) is 3.33. The first kappa shape index (κ1) is 15.5. The van der Waals surface area contributed by atoms with Gasteiger partial charge in [-0.25, -0.2) is 0 Å². The molecule has 0 radical (unpaired) electrons. The van der Waals surface area contributed by atoms with Crippen LogP contribution in [-0.2, 0) is 0 Å². The van der Waals surface area contributed by atoms with Crippen molar-refractivity contribution in [1.29, 1.82) is 0 Å². The Bertz CT molecular complexity index is 564. The maximum atomic E-state index is 5.96. The van der Waals surface area contributed by atoms with Crippen molar-refractivity contribution in [3.05, 3.63) is 59.4 Å². The Morgan fingerprint density at radius 1 is 1.14 bits per heavy atom. The van der Waals surface area contributed by atoms with Crippen molar-refractivity contribution >= 4 is 0 Å². The van der Waals surface area contributed by atoms with Crippen LogP contribution in [0.2, 0.25) is 0 Å². The van der Waals surface area contributed by atoms with Crippen molar-refractivity contribution in [2.24, 2.45) is 0 Å². The van der Waals surface area contributed by atoms with E-state index in [9.17, 15) is 0 Å². The molecule has 2 aromatic rings. The highest BCUT2D eigenvalue weighted by Crippen LogP contribution is 2.30. The average molecular weight is 284 g/mol. The number of aromatic nitrogens is 1. The normalized spacial score (nSPS) is 12.4. The highest BCUT2D eigenvalue weighted by Gasteiger charge is 2.18. The quantitative estimate of drug-likeness (QED) is 0.874. The number of para-hydroxylation sites is 1. The van der Waals surface area contributed by atoms with E-state index >= 15 is 0 Å². The van der Waals surface area contributed by atoms with Crippen LogP contribution in [0.1, 0.15) is 43.6 Å². The van der Waals surface area contributed by atoms with E-state index in [2.05, 4.69) is 35.4 Å². The van der Waals surface area contributed by atoms with Crippen LogP contribution in [0.15, 0.2) is 42.6 Å². The molecule has 0 amide bonds. The van der Waals surface area contributed by atoms with Crippen LogP contribution in [0.4, 0.5) is 0 Å². The third kappa shape index (κ3) is 4.05. The molecular weight excluding hydrogens is 260 g/mol. The highest BCUT2D eigenvalue weighted by atomic mass is 16.5. The first-order chi connectivity index (χ1) is 10.1. The minimum Gasteiger partial charge on any atom is -0.491 e. The van der Waals surface area contributed by atoms with Gasteiger partial charge >= 0.3 is 0 Å². The van der Waals surface area contributed by atoms with Crippen molar-refractivity contribution in [2.75, 3.05) is 6.54 Å². The molecule has 0 bridgehead atoms. The lowest BCUT2D eigenvalue weighted by Crippen LogP contribution is -2.23. The zero-order chi connectivity index (χ0) is 15.2. The van der Waals surface area contributed by atoms with E-state index in [0.29, 0.717) is 0 Å². The maximum Gasteiger partial charge on any atom is 0.124 e. The van der Waals surface area contributed by atoms with Crippen molar-refractivity contribution in [1.82, 2.24) is 10.3 Å². The summed E-state index contributed by atoms with van der Waals surface area (Å²) in [7, 11) is 0. The number of hydrogen-bond acceptors (Lipinski definition) is 3. The number of pyridine rings is 1. The summed E-state index contributed by atoms with van der Waals surface area (Å²) in [5.74, 6) is 0.930. The van der Waals surface area contributed by atoms with Gasteiger partial charge in [-0.15, -0.1) is 0 Å². The fraction of sp³-hybridized carbons (Fsp3) is 0.389. The predicted molar refractivity (Wildman–Crippen MR) is 86.7 cm³/mol. The van der Waals surface area contributed by atoms with Gasteiger partial charge in [0, 0.05) is 17.5 Å². The Morgan fingerprint density at radius 3 is 2.52 bits per heavy atom. The Labute approximate surface area is 127 Å². The van der Waals surface area contributed by atoms with Crippen LogP contribution >= 0.6 is 0 Å². The SMILES string of the molecule is CCNC(c1ccc(C)nc1)c1ccccc1OC(C)C. The fourth-order valence-corrected chi connectivity index (χ4v) is 2.34. The van der Waals surface area contributed by atoms with E-state index in [4.69, 9.17) is 4.74 Å². The van der Waals surface area contributed by atoms with Gasteiger partial charge in [0.2, 0.25) is 0 Å². The largest absolute Gasteiger partial charge is 0.491 e. The number of nitrogens with one attached hydrogen (secondary N) is 1. The first-order valence-electron chi connectivity index (χ1n) is 7.53. The smallest absolute Gasteiger partial charge is 0.124 e. The highest BCUT2D eigenvalue weighted by molar-refractivity contribution is 5.41. The zero-order valence-corrected chi connectivity index (χ0v) is 13.3. The lowest BCUT2D eigenvalue weighted by molar-refractivity contribution is 0.238. The summed E-state index contributed by atoms with van der Waals surface area (Å²) < 4.78 is 5.96. The van der Waals surface area contributed by atoms with E-state index in [1.807, 2.05) is 45.2 Å². The maximum absolute atomic E-state index is 5.96. The lowest BCUT2D eigenvalue weighted by atomic mass is 9.99. The Hall–Kier alpha value is -1.87. The van der Waals surface area contributed by atoms with Gasteiger partial charge in [0.15, 0.2) is 0 Å². The molecule has 21 heavy (non-hydrogen) atoms. The van der Waals surface area contributed by atoms with Crippen molar-refractivity contribution < 1.29 is 4.74 Å². The number of nitrogens with zero attached hydrogens (tertiary/aromatic N) is 1. The van der Waals surface area contributed by atoms with Gasteiger partial charge in [0.25, 0.3) is 0 Å². The van der Waals surface area contributed by atoms with Crippen LogP contribution < -0.4 is 10.1 Å². The van der Waals surface area contributed by atoms with Crippen molar-refractivity contribution in [3.8, 4) is 5.75 Å². The molecule has 0 saturated heterocycles. The molecule has 1 N–H and O–H groups in total. The molecular formula is C18H24N2O. The summed E-state index contributed by atoms with van der Waals surface area (Å²) in [6.45, 7) is 9.09. The van der Waals surface area contributed by atoms with Crippen LogP contribution in [-0.4, -0.2) is 17.6 Å². The molecule has 1 aromatic heterocycles. The molecule has 0 fully saturated rings. The van der Waals surface area contributed by atoms with E-state index in [1.165, 1.54) is 0 Å². The molecule has 112 valence electrons. The molecule has 1 atom stereocenters. The third-order valence-electron chi connectivity index (χ3n) is 3.27. The number of ether oxygens (including phenoxy) is 1. The minimum absolute atomic E-state index is 0.0954. The van der Waals surface area contributed by atoms with Gasteiger partial charge in [0.05, 0.1) is 12.1 Å². The number of benzene rings is 1. The molecule has 1 heterocycles. The van der Waals surface area contributed by atoms with Crippen molar-refractivity contribution in [2.45, 2.75) is 39.8 Å². The molecule has 0 aliphatic carbocycles. The van der Waals surface area contributed by atoms with Crippen LogP contribution in [0.5, 0.6) is 5.75 Å². The van der Waals surface area contributed by atoms with Crippen molar-refractivity contribution in [3.63, 3.8) is 0 Å². The summed E-state index contributed by atoms with van der Waals surface area (Å²) >= 11 is 0. The summed E-state index contributed by atoms with van der Waals surface area (Å²) in [6.07, 6.45) is 2.10. The minimum atomic E-state index is 0.0954. The summed E-state index contributed by atoms with van der Waals surface area (Å²) in [5, 5.41) is 3.53. The van der Waals surface area contributed by atoms with E-state index < -0.39 is 0 Å². The van der Waals surface area contributed by atoms with Gasteiger partial charge in [-0.1, -0.05) is 31.2 Å². The van der Waals surface area contributed by atoms with Crippen LogP contribution in [0, 0.1) is 6.92 Å². The predicted octanol–water partition coefficient (Wildman–Crippen LogP) is 3.88. The third-order valence-corrected chi connectivity index (χ3v) is 3.27. The van der Waals surface area contributed by atoms with E-state index in [-0.39, 0.29) is 12.1 Å². The average Bonchev–Trinajstić information content (AvgIpc) is 2.46. The van der Waals surface area contributed by atoms with E-state index in [1.54, 1.807) is 0 Å². The fourth-order valence-electron chi connectivity index (χ4n) is 2.34. The molecule has 3 nitrogen and oxygen atoms in total. The summed E-state index contributed by atoms with van der Waals surface area (Å²) in [6, 6.07) is 12.5. The summed E-state index contributed by atoms with van der Waals surface area (Å²) in [4.78, 5) is 4.42. The molecule has 1 unspecified atom stereocenters. The van der Waals surface area contributed by atoms with E-state index in [0.717, 1.165) is 29.1 Å². The molecule has 0 spiro atoms. The number of rotatable bonds is 6. The van der Waals surface area contributed by atoms with Gasteiger partial charge in [-0.3, -0.25) is 4.98 Å². The number of hydrogen-bond donors (Lipinski definition) is 1. The molecule has 1 aromatic carbocycles. The second kappa shape index (κ2) is 7.23. The Kier molecular flexibility index (Phi) is 5.34. The second-order valence-electron chi connectivity index (χ2n) is 5.43. The zero-order valence-electron chi connectivity index (χ0n) is 13.3. The second-order valence-corrected chi connectivity index (χ2v) is 5.43. The van der Waals surface area contributed by atoms with Gasteiger partial charge in [0.1, 0.15) is 5.75 Å². The monoisotopic (exact) mass is 284 g/mol. The topological polar surface area (TPSA) is 34.2 Å². The first-order valence-corrected chi connectivity index (χ1v) is 7.53.